The van der Waals surface area contributed by atoms with Crippen molar-refractivity contribution >= 4 is 0 Å². The highest BCUT2D eigenvalue weighted by molar-refractivity contribution is 4.47. The van der Waals surface area contributed by atoms with Gasteiger partial charge >= 0.3 is 0 Å². The number of hydrogen-bond acceptors (Lipinski definition) is 4. The lowest BCUT2D eigenvalue weighted by Crippen LogP contribution is -2.20. The molecule has 4 N–H and O–H groups in total. The van der Waals surface area contributed by atoms with E-state index >= 15 is 0 Å². The van der Waals surface area contributed by atoms with Crippen LogP contribution in [0.5, 0.6) is 0 Å². The van der Waals surface area contributed by atoms with Crippen LogP contribution >= 0.6 is 0 Å². The smallest absolute Gasteiger partial charge is 0.159 e. The van der Waals surface area contributed by atoms with E-state index in [2.05, 4.69) is 0 Å². The summed E-state index contributed by atoms with van der Waals surface area (Å²) in [5.74, 6) is -1.46. The van der Waals surface area contributed by atoms with Gasteiger partial charge in [0.1, 0.15) is 0 Å². The predicted molar refractivity (Wildman–Crippen MR) is 46.5 cm³/mol. The van der Waals surface area contributed by atoms with E-state index in [9.17, 15) is 0 Å². The van der Waals surface area contributed by atoms with Crippen LogP contribution in [0, 0.1) is 0 Å². The van der Waals surface area contributed by atoms with Crippen LogP contribution in [0.2, 0.25) is 0 Å². The van der Waals surface area contributed by atoms with Gasteiger partial charge in [-0.15, -0.1) is 0 Å². The third-order valence-electron chi connectivity index (χ3n) is 1.24. The second kappa shape index (κ2) is 8.93. The van der Waals surface area contributed by atoms with E-state index in [0.29, 0.717) is 6.42 Å². The van der Waals surface area contributed by atoms with Gasteiger partial charge in [0, 0.05) is 13.2 Å². The van der Waals surface area contributed by atoms with E-state index in [1.807, 2.05) is 0 Å². The fourth-order valence-corrected chi connectivity index (χ4v) is 0.224. The Labute approximate surface area is 73.5 Å². The predicted octanol–water partition coefficient (Wildman–Crippen LogP) is -0.152. The quantitative estimate of drug-likeness (QED) is 0.358. The van der Waals surface area contributed by atoms with Crippen molar-refractivity contribution in [1.29, 1.82) is 0 Å². The monoisotopic (exact) mass is 180 g/mol. The molecule has 0 radical (unpaired) electrons. The Morgan fingerprint density at radius 2 is 1.25 bits per heavy atom. The number of rotatable bonds is 4. The van der Waals surface area contributed by atoms with Gasteiger partial charge in [-0.1, -0.05) is 6.92 Å². The van der Waals surface area contributed by atoms with E-state index in [1.165, 1.54) is 6.92 Å². The Balaban J connectivity index is 0. The third kappa shape index (κ3) is 22.5. The van der Waals surface area contributed by atoms with Crippen LogP contribution in [0.3, 0.4) is 0 Å². The minimum Gasteiger partial charge on any atom is -0.396 e. The summed E-state index contributed by atoms with van der Waals surface area (Å²) in [5, 5.41) is 32.9. The Hall–Kier alpha value is -0.160. The SMILES string of the molecule is CCC(C)(O)O.OCCCCO. The van der Waals surface area contributed by atoms with Gasteiger partial charge in [-0.2, -0.15) is 0 Å². The standard InChI is InChI=1S/2C4H10O2/c1-3-4(2,5)6;5-3-1-2-4-6/h5-6H,3H2,1-2H3;5-6H,1-4H2. The molecule has 0 bridgehead atoms. The molecule has 0 spiro atoms. The first-order valence-corrected chi connectivity index (χ1v) is 4.14. The molecule has 0 amide bonds. The van der Waals surface area contributed by atoms with Crippen molar-refractivity contribution in [1.82, 2.24) is 0 Å². The molecule has 0 aliphatic rings. The van der Waals surface area contributed by atoms with Crippen molar-refractivity contribution in [2.45, 2.75) is 38.9 Å². The largest absolute Gasteiger partial charge is 0.396 e. The molecule has 0 saturated carbocycles. The second-order valence-electron chi connectivity index (χ2n) is 2.72. The molecule has 12 heavy (non-hydrogen) atoms. The van der Waals surface area contributed by atoms with E-state index in [-0.39, 0.29) is 13.2 Å². The van der Waals surface area contributed by atoms with Gasteiger partial charge in [-0.3, -0.25) is 0 Å². The van der Waals surface area contributed by atoms with Crippen LogP contribution in [0.1, 0.15) is 33.1 Å². The second-order valence-corrected chi connectivity index (χ2v) is 2.72. The zero-order chi connectivity index (χ0) is 10.0. The Morgan fingerprint density at radius 1 is 1.00 bits per heavy atom. The lowest BCUT2D eigenvalue weighted by atomic mass is 10.3. The van der Waals surface area contributed by atoms with E-state index in [4.69, 9.17) is 20.4 Å². The fourth-order valence-electron chi connectivity index (χ4n) is 0.224. The van der Waals surface area contributed by atoms with Crippen molar-refractivity contribution in [3.63, 3.8) is 0 Å². The molecule has 0 aromatic heterocycles. The van der Waals surface area contributed by atoms with Crippen molar-refractivity contribution in [2.75, 3.05) is 13.2 Å². The van der Waals surface area contributed by atoms with E-state index in [1.54, 1.807) is 6.92 Å². The van der Waals surface area contributed by atoms with Crippen molar-refractivity contribution < 1.29 is 20.4 Å². The zero-order valence-electron chi connectivity index (χ0n) is 7.82. The van der Waals surface area contributed by atoms with Gasteiger partial charge in [0.05, 0.1) is 0 Å². The third-order valence-corrected chi connectivity index (χ3v) is 1.24. The summed E-state index contributed by atoms with van der Waals surface area (Å²) in [6.45, 7) is 3.45. The maximum atomic E-state index is 8.38. The molecule has 0 heterocycles. The first-order chi connectivity index (χ1) is 5.47. The summed E-state index contributed by atoms with van der Waals surface area (Å²) < 4.78 is 0. The lowest BCUT2D eigenvalue weighted by molar-refractivity contribution is -0.145. The van der Waals surface area contributed by atoms with Crippen LogP contribution in [-0.2, 0) is 0 Å². The topological polar surface area (TPSA) is 80.9 Å². The summed E-state index contributed by atoms with van der Waals surface area (Å²) in [7, 11) is 0. The molecule has 0 unspecified atom stereocenters. The van der Waals surface area contributed by atoms with Gasteiger partial charge < -0.3 is 20.4 Å². The average Bonchev–Trinajstić information content (AvgIpc) is 2.01. The maximum Gasteiger partial charge on any atom is 0.159 e. The summed E-state index contributed by atoms with van der Waals surface area (Å²) in [5.41, 5.74) is 0. The molecular formula is C8H20O4. The molecule has 76 valence electrons. The summed E-state index contributed by atoms with van der Waals surface area (Å²) in [6, 6.07) is 0. The first-order valence-electron chi connectivity index (χ1n) is 4.14. The normalized spacial score (nSPS) is 10.5. The number of aliphatic hydroxyl groups excluding tert-OH is 2. The highest BCUT2D eigenvalue weighted by atomic mass is 16.5. The van der Waals surface area contributed by atoms with Crippen molar-refractivity contribution in [3.05, 3.63) is 0 Å². The van der Waals surface area contributed by atoms with Gasteiger partial charge in [0.15, 0.2) is 5.79 Å². The van der Waals surface area contributed by atoms with Crippen LogP contribution < -0.4 is 0 Å². The van der Waals surface area contributed by atoms with E-state index in [0.717, 1.165) is 12.8 Å². The molecule has 0 saturated heterocycles. The molecule has 0 aromatic carbocycles. The Morgan fingerprint density at radius 3 is 1.33 bits per heavy atom. The highest BCUT2D eigenvalue weighted by Crippen LogP contribution is 1.99. The van der Waals surface area contributed by atoms with Gasteiger partial charge in [0.25, 0.3) is 0 Å². The van der Waals surface area contributed by atoms with Crippen molar-refractivity contribution in [3.8, 4) is 0 Å². The molecule has 0 atom stereocenters. The van der Waals surface area contributed by atoms with Gasteiger partial charge in [-0.05, 0) is 26.2 Å². The fraction of sp³-hybridized carbons (Fsp3) is 1.00. The van der Waals surface area contributed by atoms with Crippen molar-refractivity contribution in [2.24, 2.45) is 0 Å². The molecule has 0 aliphatic carbocycles. The summed E-state index contributed by atoms with van der Waals surface area (Å²) in [6.07, 6.45) is 1.82. The number of aliphatic hydroxyl groups is 4. The number of hydrogen-bond donors (Lipinski definition) is 4. The van der Waals surface area contributed by atoms with E-state index < -0.39 is 5.79 Å². The Kier molecular flexibility index (Phi) is 10.7. The molecule has 0 fully saturated rings. The van der Waals surface area contributed by atoms with Crippen LogP contribution in [0.25, 0.3) is 0 Å². The molecular weight excluding hydrogens is 160 g/mol. The van der Waals surface area contributed by atoms with Crippen LogP contribution in [0.15, 0.2) is 0 Å². The first kappa shape index (κ1) is 14.4. The van der Waals surface area contributed by atoms with Crippen LogP contribution in [-0.4, -0.2) is 39.4 Å². The number of unbranched alkanes of at least 4 members (excludes halogenated alkanes) is 1. The lowest BCUT2D eigenvalue weighted by Gasteiger charge is -2.10. The summed E-state index contributed by atoms with van der Waals surface area (Å²) in [4.78, 5) is 0. The molecule has 4 nitrogen and oxygen atoms in total. The summed E-state index contributed by atoms with van der Waals surface area (Å²) >= 11 is 0. The molecule has 4 heteroatoms. The van der Waals surface area contributed by atoms with Gasteiger partial charge in [-0.25, -0.2) is 0 Å². The highest BCUT2D eigenvalue weighted by Gasteiger charge is 2.08. The minimum atomic E-state index is -1.46. The van der Waals surface area contributed by atoms with Gasteiger partial charge in [0.2, 0.25) is 0 Å². The molecule has 0 aliphatic heterocycles. The zero-order valence-corrected chi connectivity index (χ0v) is 7.82. The van der Waals surface area contributed by atoms with Crippen LogP contribution in [0.4, 0.5) is 0 Å². The molecule has 0 rings (SSSR count). The minimum absolute atomic E-state index is 0.195. The Bertz CT molecular complexity index is 73.6. The molecule has 0 aromatic rings. The maximum absolute atomic E-state index is 8.38. The average molecular weight is 180 g/mol.